The van der Waals surface area contributed by atoms with Crippen LogP contribution in [-0.2, 0) is 19.9 Å². The van der Waals surface area contributed by atoms with Crippen LogP contribution >= 0.6 is 0 Å². The molecule has 130 valence electrons. The number of nitrogens with zero attached hydrogens (tertiary/aromatic N) is 2. The standard InChI is InChI=1S/C18H19N3O4/c1-21-16(22)10-11-9-12(5-6-14(11)20-21)19-18(23)13-3-2-4-15-17(13)25-8-7-24-15/h2-4,10,12H,5-9H2,1H3,(H,19,23)/t12-/m1/s1. The maximum atomic E-state index is 12.7. The fraction of sp³-hybridized carbons (Fsp3) is 0.389. The first-order chi connectivity index (χ1) is 12.1. The number of aryl methyl sites for hydroxylation is 2. The van der Waals surface area contributed by atoms with Gasteiger partial charge in [0.05, 0.1) is 11.3 Å². The smallest absolute Gasteiger partial charge is 0.266 e. The molecule has 0 spiro atoms. The van der Waals surface area contributed by atoms with E-state index in [9.17, 15) is 9.59 Å². The molecule has 1 aliphatic carbocycles. The molecule has 1 amide bonds. The molecule has 4 rings (SSSR count). The molecule has 7 nitrogen and oxygen atoms in total. The molecule has 1 aromatic carbocycles. The van der Waals surface area contributed by atoms with Crippen LogP contribution in [0.15, 0.2) is 29.1 Å². The zero-order valence-electron chi connectivity index (χ0n) is 13.9. The Morgan fingerprint density at radius 2 is 2.16 bits per heavy atom. The lowest BCUT2D eigenvalue weighted by Gasteiger charge is -2.26. The minimum atomic E-state index is -0.187. The highest BCUT2D eigenvalue weighted by Gasteiger charge is 2.25. The van der Waals surface area contributed by atoms with E-state index in [1.54, 1.807) is 31.3 Å². The Bertz CT molecular complexity index is 890. The first kappa shape index (κ1) is 15.7. The van der Waals surface area contributed by atoms with Gasteiger partial charge in [0.15, 0.2) is 11.5 Å². The Labute approximate surface area is 144 Å². The van der Waals surface area contributed by atoms with Gasteiger partial charge in [-0.2, -0.15) is 5.10 Å². The Morgan fingerprint density at radius 3 is 3.04 bits per heavy atom. The molecule has 25 heavy (non-hydrogen) atoms. The molecular formula is C18H19N3O4. The van der Waals surface area contributed by atoms with Crippen LogP contribution in [0, 0.1) is 0 Å². The molecule has 0 radical (unpaired) electrons. The van der Waals surface area contributed by atoms with E-state index < -0.39 is 0 Å². The van der Waals surface area contributed by atoms with Crippen molar-refractivity contribution in [2.75, 3.05) is 13.2 Å². The number of amides is 1. The van der Waals surface area contributed by atoms with Crippen LogP contribution in [0.5, 0.6) is 11.5 Å². The number of rotatable bonds is 2. The quantitative estimate of drug-likeness (QED) is 0.875. The second kappa shape index (κ2) is 6.23. The van der Waals surface area contributed by atoms with Gasteiger partial charge < -0.3 is 14.8 Å². The molecule has 0 fully saturated rings. The summed E-state index contributed by atoms with van der Waals surface area (Å²) in [5, 5.41) is 7.35. The van der Waals surface area contributed by atoms with Gasteiger partial charge in [-0.25, -0.2) is 4.68 Å². The summed E-state index contributed by atoms with van der Waals surface area (Å²) in [4.78, 5) is 24.5. The third-order valence-electron chi connectivity index (χ3n) is 4.60. The summed E-state index contributed by atoms with van der Waals surface area (Å²) in [6.45, 7) is 0.919. The Balaban J connectivity index is 1.52. The SMILES string of the molecule is Cn1nc2c(cc1=O)C[C@H](NC(=O)c1cccc3c1OCCO3)CC2. The summed E-state index contributed by atoms with van der Waals surface area (Å²) in [5.41, 5.74) is 2.19. The second-order valence-corrected chi connectivity index (χ2v) is 6.32. The number of nitrogens with one attached hydrogen (secondary N) is 1. The van der Waals surface area contributed by atoms with E-state index in [-0.39, 0.29) is 17.5 Å². The molecule has 0 saturated carbocycles. The van der Waals surface area contributed by atoms with Crippen molar-refractivity contribution in [2.24, 2.45) is 7.05 Å². The van der Waals surface area contributed by atoms with Gasteiger partial charge in [0.1, 0.15) is 13.2 Å². The molecule has 1 atom stereocenters. The molecule has 1 aliphatic heterocycles. The third-order valence-corrected chi connectivity index (χ3v) is 4.60. The molecule has 0 unspecified atom stereocenters. The summed E-state index contributed by atoms with van der Waals surface area (Å²) < 4.78 is 12.5. The number of hydrogen-bond acceptors (Lipinski definition) is 5. The Hall–Kier alpha value is -2.83. The summed E-state index contributed by atoms with van der Waals surface area (Å²) in [5.74, 6) is 0.908. The highest BCUT2D eigenvalue weighted by atomic mass is 16.6. The van der Waals surface area contributed by atoms with E-state index in [0.29, 0.717) is 36.7 Å². The van der Waals surface area contributed by atoms with Gasteiger partial charge in [0.25, 0.3) is 11.5 Å². The average molecular weight is 341 g/mol. The largest absolute Gasteiger partial charge is 0.486 e. The van der Waals surface area contributed by atoms with E-state index >= 15 is 0 Å². The topological polar surface area (TPSA) is 82.5 Å². The number of hydrogen-bond donors (Lipinski definition) is 1. The van der Waals surface area contributed by atoms with E-state index in [1.165, 1.54) is 4.68 Å². The zero-order chi connectivity index (χ0) is 17.4. The molecule has 2 aromatic rings. The maximum absolute atomic E-state index is 12.7. The fourth-order valence-corrected chi connectivity index (χ4v) is 3.32. The Morgan fingerprint density at radius 1 is 1.32 bits per heavy atom. The minimum Gasteiger partial charge on any atom is -0.486 e. The molecule has 1 aromatic heterocycles. The number of carbonyl (C=O) groups excluding carboxylic acids is 1. The van der Waals surface area contributed by atoms with Gasteiger partial charge >= 0.3 is 0 Å². The minimum absolute atomic E-state index is 0.0331. The molecule has 0 bridgehead atoms. The summed E-state index contributed by atoms with van der Waals surface area (Å²) in [6, 6.07) is 6.89. The van der Waals surface area contributed by atoms with Gasteiger partial charge in [0, 0.05) is 19.2 Å². The van der Waals surface area contributed by atoms with Crippen molar-refractivity contribution in [3.63, 3.8) is 0 Å². The molecule has 0 saturated heterocycles. The van der Waals surface area contributed by atoms with Gasteiger partial charge in [-0.1, -0.05) is 6.07 Å². The van der Waals surface area contributed by atoms with E-state index in [4.69, 9.17) is 9.47 Å². The predicted octanol–water partition coefficient (Wildman–Crippen LogP) is 0.839. The van der Waals surface area contributed by atoms with E-state index in [0.717, 1.165) is 24.1 Å². The van der Waals surface area contributed by atoms with Gasteiger partial charge in [0.2, 0.25) is 0 Å². The normalized spacial score (nSPS) is 18.4. The highest BCUT2D eigenvalue weighted by molar-refractivity contribution is 5.98. The number of fused-ring (bicyclic) bond motifs is 2. The zero-order valence-corrected chi connectivity index (χ0v) is 13.9. The predicted molar refractivity (Wildman–Crippen MR) is 90.2 cm³/mol. The van der Waals surface area contributed by atoms with Crippen LogP contribution in [0.25, 0.3) is 0 Å². The second-order valence-electron chi connectivity index (χ2n) is 6.32. The molecule has 1 N–H and O–H groups in total. The summed E-state index contributed by atoms with van der Waals surface area (Å²) in [6.07, 6.45) is 2.13. The van der Waals surface area contributed by atoms with E-state index in [2.05, 4.69) is 10.4 Å². The first-order valence-corrected chi connectivity index (χ1v) is 8.37. The average Bonchev–Trinajstić information content (AvgIpc) is 2.62. The van der Waals surface area contributed by atoms with Crippen LogP contribution in [0.1, 0.15) is 28.0 Å². The van der Waals surface area contributed by atoms with Crippen molar-refractivity contribution in [3.05, 3.63) is 51.4 Å². The number of aromatic nitrogens is 2. The molecule has 7 heteroatoms. The summed E-state index contributed by atoms with van der Waals surface area (Å²) in [7, 11) is 1.65. The lowest BCUT2D eigenvalue weighted by Crippen LogP contribution is -2.40. The summed E-state index contributed by atoms with van der Waals surface area (Å²) >= 11 is 0. The van der Waals surface area contributed by atoms with Crippen molar-refractivity contribution >= 4 is 5.91 Å². The number of ether oxygens (including phenoxy) is 2. The molecular weight excluding hydrogens is 322 g/mol. The molecule has 2 heterocycles. The monoisotopic (exact) mass is 341 g/mol. The van der Waals surface area contributed by atoms with Crippen LogP contribution in [-0.4, -0.2) is 34.9 Å². The fourth-order valence-electron chi connectivity index (χ4n) is 3.32. The van der Waals surface area contributed by atoms with Gasteiger partial charge in [-0.3, -0.25) is 9.59 Å². The molecule has 2 aliphatic rings. The van der Waals surface area contributed by atoms with Gasteiger partial charge in [-0.15, -0.1) is 0 Å². The maximum Gasteiger partial charge on any atom is 0.266 e. The van der Waals surface area contributed by atoms with Crippen LogP contribution in [0.2, 0.25) is 0 Å². The number of carbonyl (C=O) groups is 1. The van der Waals surface area contributed by atoms with Crippen molar-refractivity contribution in [2.45, 2.75) is 25.3 Å². The number of para-hydroxylation sites is 1. The highest BCUT2D eigenvalue weighted by Crippen LogP contribution is 2.33. The van der Waals surface area contributed by atoms with Crippen LogP contribution in [0.4, 0.5) is 0 Å². The lowest BCUT2D eigenvalue weighted by atomic mass is 9.92. The van der Waals surface area contributed by atoms with E-state index in [1.807, 2.05) is 0 Å². The van der Waals surface area contributed by atoms with Crippen LogP contribution in [0.3, 0.4) is 0 Å². The Kier molecular flexibility index (Phi) is 3.91. The van der Waals surface area contributed by atoms with Crippen molar-refractivity contribution in [1.82, 2.24) is 15.1 Å². The lowest BCUT2D eigenvalue weighted by molar-refractivity contribution is 0.0922. The van der Waals surface area contributed by atoms with Crippen LogP contribution < -0.4 is 20.3 Å². The van der Waals surface area contributed by atoms with Gasteiger partial charge in [-0.05, 0) is 37.0 Å². The first-order valence-electron chi connectivity index (χ1n) is 8.37. The number of benzene rings is 1. The third kappa shape index (κ3) is 2.97. The van der Waals surface area contributed by atoms with Crippen molar-refractivity contribution in [3.8, 4) is 11.5 Å². The van der Waals surface area contributed by atoms with Crippen molar-refractivity contribution < 1.29 is 14.3 Å². The van der Waals surface area contributed by atoms with Crippen molar-refractivity contribution in [1.29, 1.82) is 0 Å².